The fraction of sp³-hybridized carbons (Fsp3) is 0.125. The summed E-state index contributed by atoms with van der Waals surface area (Å²) in [6, 6.07) is 11.0. The van der Waals surface area contributed by atoms with Crippen LogP contribution in [0.5, 0.6) is 0 Å². The lowest BCUT2D eigenvalue weighted by Crippen LogP contribution is -2.13. The van der Waals surface area contributed by atoms with E-state index in [2.05, 4.69) is 20.9 Å². The third-order valence-corrected chi connectivity index (χ3v) is 5.17. The average Bonchev–Trinajstić information content (AvgIpc) is 2.75. The van der Waals surface area contributed by atoms with E-state index < -0.39 is 0 Å². The number of aryl methyl sites for hydroxylation is 2. The van der Waals surface area contributed by atoms with Crippen LogP contribution >= 0.6 is 38.9 Å². The third-order valence-electron chi connectivity index (χ3n) is 3.34. The van der Waals surface area contributed by atoms with Crippen molar-refractivity contribution in [2.24, 2.45) is 12.0 Å². The van der Waals surface area contributed by atoms with Crippen LogP contribution in [-0.2, 0) is 7.05 Å². The molecule has 1 aromatic heterocycles. The van der Waals surface area contributed by atoms with Gasteiger partial charge >= 0.3 is 0 Å². The van der Waals surface area contributed by atoms with Crippen LogP contribution in [0, 0.1) is 6.92 Å². The van der Waals surface area contributed by atoms with Crippen LogP contribution < -0.4 is 4.80 Å². The number of nitrogens with zero attached hydrogens (tertiary/aromatic N) is 2. The van der Waals surface area contributed by atoms with Crippen LogP contribution in [0.25, 0.3) is 10.2 Å². The zero-order valence-corrected chi connectivity index (χ0v) is 15.1. The lowest BCUT2D eigenvalue weighted by molar-refractivity contribution is 0.0998. The van der Waals surface area contributed by atoms with Crippen LogP contribution in [0.4, 0.5) is 0 Å². The van der Waals surface area contributed by atoms with E-state index in [1.807, 2.05) is 42.8 Å². The second-order valence-corrected chi connectivity index (χ2v) is 7.30. The standard InChI is InChI=1S/C16H12BrClN2OS/c1-9-7-12(18)8-13-14(9)20(2)16(22-13)19-15(21)10-3-5-11(17)6-4-10/h3-8H,1-2H3. The highest BCUT2D eigenvalue weighted by molar-refractivity contribution is 9.10. The van der Waals surface area contributed by atoms with Crippen LogP contribution in [0.15, 0.2) is 45.9 Å². The molecule has 0 aliphatic carbocycles. The molecule has 0 saturated heterocycles. The van der Waals surface area contributed by atoms with E-state index in [4.69, 9.17) is 11.6 Å². The molecular weight excluding hydrogens is 384 g/mol. The molecule has 2 aromatic carbocycles. The molecule has 0 spiro atoms. The van der Waals surface area contributed by atoms with Gasteiger partial charge in [0.25, 0.3) is 5.91 Å². The quantitative estimate of drug-likeness (QED) is 0.588. The summed E-state index contributed by atoms with van der Waals surface area (Å²) in [5, 5.41) is 0.692. The molecule has 3 rings (SSSR count). The molecule has 0 saturated carbocycles. The molecule has 6 heteroatoms. The van der Waals surface area contributed by atoms with Crippen molar-refractivity contribution in [1.29, 1.82) is 0 Å². The summed E-state index contributed by atoms with van der Waals surface area (Å²) in [4.78, 5) is 17.2. The minimum absolute atomic E-state index is 0.251. The van der Waals surface area contributed by atoms with E-state index in [1.54, 1.807) is 12.1 Å². The van der Waals surface area contributed by atoms with Gasteiger partial charge < -0.3 is 4.57 Å². The van der Waals surface area contributed by atoms with Crippen molar-refractivity contribution < 1.29 is 4.79 Å². The average molecular weight is 396 g/mol. The molecule has 3 aromatic rings. The lowest BCUT2D eigenvalue weighted by atomic mass is 10.2. The lowest BCUT2D eigenvalue weighted by Gasteiger charge is -2.00. The molecule has 22 heavy (non-hydrogen) atoms. The number of amides is 1. The van der Waals surface area contributed by atoms with Crippen molar-refractivity contribution in [1.82, 2.24) is 4.57 Å². The maximum Gasteiger partial charge on any atom is 0.279 e. The SMILES string of the molecule is Cc1cc(Cl)cc2sc(=NC(=O)c3ccc(Br)cc3)n(C)c12. The van der Waals surface area contributed by atoms with Crippen molar-refractivity contribution in [3.8, 4) is 0 Å². The minimum atomic E-state index is -0.251. The maximum atomic E-state index is 12.3. The second-order valence-electron chi connectivity index (χ2n) is 4.94. The molecule has 0 atom stereocenters. The summed E-state index contributed by atoms with van der Waals surface area (Å²) in [5.41, 5.74) is 2.69. The molecule has 112 valence electrons. The number of benzene rings is 2. The zero-order chi connectivity index (χ0) is 15.9. The Kier molecular flexibility index (Phi) is 4.21. The van der Waals surface area contributed by atoms with Crippen molar-refractivity contribution in [2.45, 2.75) is 6.92 Å². The topological polar surface area (TPSA) is 34.4 Å². The van der Waals surface area contributed by atoms with E-state index in [-0.39, 0.29) is 5.91 Å². The van der Waals surface area contributed by atoms with Gasteiger partial charge in [0.2, 0.25) is 0 Å². The molecule has 1 heterocycles. The Morgan fingerprint density at radius 3 is 2.64 bits per heavy atom. The van der Waals surface area contributed by atoms with Crippen molar-refractivity contribution in [3.63, 3.8) is 0 Å². The Bertz CT molecular complexity index is 941. The highest BCUT2D eigenvalue weighted by atomic mass is 79.9. The zero-order valence-electron chi connectivity index (χ0n) is 11.9. The summed E-state index contributed by atoms with van der Waals surface area (Å²) in [7, 11) is 1.91. The monoisotopic (exact) mass is 394 g/mol. The molecule has 0 fully saturated rings. The van der Waals surface area contributed by atoms with E-state index in [9.17, 15) is 4.79 Å². The Hall–Kier alpha value is -1.43. The molecule has 0 aliphatic heterocycles. The number of carbonyl (C=O) groups is 1. The normalized spacial score (nSPS) is 12.1. The summed E-state index contributed by atoms with van der Waals surface area (Å²) >= 11 is 10.9. The van der Waals surface area contributed by atoms with Gasteiger partial charge in [-0.1, -0.05) is 38.9 Å². The predicted molar refractivity (Wildman–Crippen MR) is 94.6 cm³/mol. The van der Waals surface area contributed by atoms with Gasteiger partial charge in [-0.05, 0) is 48.9 Å². The molecule has 0 bridgehead atoms. The first kappa shape index (κ1) is 15.5. The number of hydrogen-bond acceptors (Lipinski definition) is 2. The fourth-order valence-electron chi connectivity index (χ4n) is 2.32. The van der Waals surface area contributed by atoms with Crippen LogP contribution in [0.2, 0.25) is 5.02 Å². The first-order chi connectivity index (χ1) is 10.5. The molecule has 3 nitrogen and oxygen atoms in total. The largest absolute Gasteiger partial charge is 0.319 e. The summed E-state index contributed by atoms with van der Waals surface area (Å²) in [5.74, 6) is -0.251. The van der Waals surface area contributed by atoms with E-state index in [0.29, 0.717) is 15.4 Å². The molecule has 0 unspecified atom stereocenters. The number of halogens is 2. The Morgan fingerprint density at radius 1 is 1.27 bits per heavy atom. The Balaban J connectivity index is 2.13. The molecule has 0 N–H and O–H groups in total. The van der Waals surface area contributed by atoms with E-state index >= 15 is 0 Å². The first-order valence-electron chi connectivity index (χ1n) is 6.56. The third kappa shape index (κ3) is 2.89. The Morgan fingerprint density at radius 2 is 1.95 bits per heavy atom. The van der Waals surface area contributed by atoms with Gasteiger partial charge in [-0.3, -0.25) is 4.79 Å². The molecule has 0 aliphatic rings. The number of aromatic nitrogens is 1. The molecular formula is C16H12BrClN2OS. The number of fused-ring (bicyclic) bond motifs is 1. The second kappa shape index (κ2) is 5.99. The minimum Gasteiger partial charge on any atom is -0.319 e. The van der Waals surface area contributed by atoms with Crippen LogP contribution in [0.3, 0.4) is 0 Å². The fourth-order valence-corrected chi connectivity index (χ4v) is 4.05. The molecule has 1 amide bonds. The highest BCUT2D eigenvalue weighted by Crippen LogP contribution is 2.25. The van der Waals surface area contributed by atoms with Crippen molar-refractivity contribution >= 4 is 55.0 Å². The Labute approximate surface area is 145 Å². The van der Waals surface area contributed by atoms with Gasteiger partial charge in [0, 0.05) is 22.1 Å². The van der Waals surface area contributed by atoms with Crippen LogP contribution in [-0.4, -0.2) is 10.5 Å². The summed E-state index contributed by atoms with van der Waals surface area (Å²) < 4.78 is 3.89. The van der Waals surface area contributed by atoms with E-state index in [1.165, 1.54) is 11.3 Å². The van der Waals surface area contributed by atoms with Gasteiger partial charge in [-0.25, -0.2) is 0 Å². The predicted octanol–water partition coefficient (Wildman–Crippen LogP) is 4.71. The van der Waals surface area contributed by atoms with Gasteiger partial charge in [0.1, 0.15) is 0 Å². The first-order valence-corrected chi connectivity index (χ1v) is 8.55. The van der Waals surface area contributed by atoms with Gasteiger partial charge in [0.15, 0.2) is 4.80 Å². The summed E-state index contributed by atoms with van der Waals surface area (Å²) in [6.07, 6.45) is 0. The number of thiazole rings is 1. The van der Waals surface area contributed by atoms with Gasteiger partial charge in [-0.2, -0.15) is 4.99 Å². The number of hydrogen-bond donors (Lipinski definition) is 0. The highest BCUT2D eigenvalue weighted by Gasteiger charge is 2.09. The van der Waals surface area contributed by atoms with Crippen molar-refractivity contribution in [2.75, 3.05) is 0 Å². The van der Waals surface area contributed by atoms with Crippen LogP contribution in [0.1, 0.15) is 15.9 Å². The summed E-state index contributed by atoms with van der Waals surface area (Å²) in [6.45, 7) is 2.00. The van der Waals surface area contributed by atoms with Gasteiger partial charge in [0.05, 0.1) is 10.2 Å². The number of rotatable bonds is 1. The van der Waals surface area contributed by atoms with E-state index in [0.717, 1.165) is 20.3 Å². The van der Waals surface area contributed by atoms with Gasteiger partial charge in [-0.15, -0.1) is 0 Å². The molecule has 0 radical (unpaired) electrons. The van der Waals surface area contributed by atoms with Crippen molar-refractivity contribution in [3.05, 3.63) is 61.8 Å². The smallest absolute Gasteiger partial charge is 0.279 e. The maximum absolute atomic E-state index is 12.3. The number of carbonyl (C=O) groups excluding carboxylic acids is 1.